The lowest BCUT2D eigenvalue weighted by Crippen LogP contribution is -2.27. The fourth-order valence-electron chi connectivity index (χ4n) is 2.51. The van der Waals surface area contributed by atoms with Crippen molar-refractivity contribution in [3.05, 3.63) is 60.8 Å². The predicted octanol–water partition coefficient (Wildman–Crippen LogP) is 1.21. The quantitative estimate of drug-likeness (QED) is 0.713. The number of rotatable bonds is 4. The summed E-state index contributed by atoms with van der Waals surface area (Å²) in [6.45, 7) is 7.69. The Morgan fingerprint density at radius 3 is 2.46 bits per heavy atom. The van der Waals surface area contributed by atoms with Gasteiger partial charge in [0, 0.05) is 18.8 Å². The molecule has 0 bridgehead atoms. The fraction of sp³-hybridized carbons (Fsp3) is 0.294. The summed E-state index contributed by atoms with van der Waals surface area (Å²) < 4.78 is 1.70. The maximum atomic E-state index is 12.4. The molecule has 3 aromatic rings. The van der Waals surface area contributed by atoms with Gasteiger partial charge >= 0.3 is 0 Å². The van der Waals surface area contributed by atoms with Gasteiger partial charge in [0.15, 0.2) is 0 Å². The standard InChI is InChI=1S/C17H18N4O2S/c1-4-20(5-2)13-8-6-12(7-9-13)10-14-16(23)21-17(24-14)18-15(22)11(3)19-21/h6-10H,4-5H2,1-3H3. The van der Waals surface area contributed by atoms with Crippen LogP contribution in [0, 0.1) is 6.92 Å². The molecule has 3 rings (SSSR count). The van der Waals surface area contributed by atoms with Crippen molar-refractivity contribution in [3.8, 4) is 0 Å². The van der Waals surface area contributed by atoms with Crippen LogP contribution in [0.25, 0.3) is 11.0 Å². The molecule has 1 aromatic carbocycles. The number of hydrogen-bond donors (Lipinski definition) is 0. The van der Waals surface area contributed by atoms with Gasteiger partial charge in [-0.05, 0) is 44.5 Å². The molecule has 2 heterocycles. The van der Waals surface area contributed by atoms with Crippen LogP contribution in [0.1, 0.15) is 25.1 Å². The van der Waals surface area contributed by atoms with Gasteiger partial charge in [0.1, 0.15) is 5.69 Å². The number of nitrogens with zero attached hydrogens (tertiary/aromatic N) is 4. The Balaban J connectivity index is 2.06. The van der Waals surface area contributed by atoms with E-state index in [2.05, 4.69) is 28.8 Å². The molecule has 0 amide bonds. The first kappa shape index (κ1) is 16.3. The second kappa shape index (κ2) is 6.52. The smallest absolute Gasteiger partial charge is 0.295 e. The van der Waals surface area contributed by atoms with Crippen LogP contribution in [0.3, 0.4) is 0 Å². The van der Waals surface area contributed by atoms with Crippen molar-refractivity contribution >= 4 is 28.1 Å². The van der Waals surface area contributed by atoms with Crippen molar-refractivity contribution in [1.82, 2.24) is 14.6 Å². The second-order valence-electron chi connectivity index (χ2n) is 5.38. The molecule has 0 radical (unpaired) electrons. The van der Waals surface area contributed by atoms with E-state index in [1.165, 1.54) is 15.9 Å². The third kappa shape index (κ3) is 2.94. The molecule has 0 spiro atoms. The number of anilines is 1. The number of thiazole rings is 1. The first-order valence-corrected chi connectivity index (χ1v) is 8.62. The summed E-state index contributed by atoms with van der Waals surface area (Å²) >= 11 is 1.17. The lowest BCUT2D eigenvalue weighted by atomic mass is 10.2. The van der Waals surface area contributed by atoms with Crippen molar-refractivity contribution in [1.29, 1.82) is 0 Å². The van der Waals surface area contributed by atoms with E-state index in [4.69, 9.17) is 0 Å². The van der Waals surface area contributed by atoms with Gasteiger partial charge in [-0.25, -0.2) is 0 Å². The van der Waals surface area contributed by atoms with E-state index in [0.29, 0.717) is 9.49 Å². The van der Waals surface area contributed by atoms with Gasteiger partial charge < -0.3 is 4.90 Å². The zero-order valence-electron chi connectivity index (χ0n) is 13.8. The summed E-state index contributed by atoms with van der Waals surface area (Å²) in [4.78, 5) is 30.4. The highest BCUT2D eigenvalue weighted by atomic mass is 32.1. The van der Waals surface area contributed by atoms with Crippen LogP contribution in [0.5, 0.6) is 0 Å². The van der Waals surface area contributed by atoms with Gasteiger partial charge in [-0.2, -0.15) is 14.6 Å². The summed E-state index contributed by atoms with van der Waals surface area (Å²) in [6.07, 6.45) is 1.80. The highest BCUT2D eigenvalue weighted by Gasteiger charge is 2.08. The Hall–Kier alpha value is -2.54. The summed E-state index contributed by atoms with van der Waals surface area (Å²) in [5.74, 6) is 0. The van der Waals surface area contributed by atoms with Crippen LogP contribution in [-0.2, 0) is 0 Å². The fourth-order valence-corrected chi connectivity index (χ4v) is 3.41. The van der Waals surface area contributed by atoms with Gasteiger partial charge in [0.25, 0.3) is 11.1 Å². The molecule has 124 valence electrons. The molecule has 0 saturated carbocycles. The van der Waals surface area contributed by atoms with Crippen molar-refractivity contribution in [2.24, 2.45) is 0 Å². The average Bonchev–Trinajstić information content (AvgIpc) is 2.86. The third-order valence-electron chi connectivity index (χ3n) is 3.86. The SMILES string of the molecule is CCN(CC)c1ccc(C=c2sc3nc(=O)c(C)nn3c2=O)cc1. The molecule has 0 fully saturated rings. The minimum absolute atomic E-state index is 0.220. The van der Waals surface area contributed by atoms with Crippen molar-refractivity contribution in [3.63, 3.8) is 0 Å². The van der Waals surface area contributed by atoms with Gasteiger partial charge in [0.05, 0.1) is 4.53 Å². The van der Waals surface area contributed by atoms with Crippen LogP contribution in [0.15, 0.2) is 33.9 Å². The van der Waals surface area contributed by atoms with E-state index in [0.717, 1.165) is 24.3 Å². The van der Waals surface area contributed by atoms with E-state index in [9.17, 15) is 9.59 Å². The van der Waals surface area contributed by atoms with E-state index in [1.54, 1.807) is 13.0 Å². The summed E-state index contributed by atoms with van der Waals surface area (Å²) in [7, 11) is 0. The molecule has 0 atom stereocenters. The maximum Gasteiger partial charge on any atom is 0.295 e. The van der Waals surface area contributed by atoms with Gasteiger partial charge in [-0.3, -0.25) is 9.59 Å². The van der Waals surface area contributed by atoms with Crippen molar-refractivity contribution < 1.29 is 0 Å². The first-order valence-electron chi connectivity index (χ1n) is 7.80. The number of fused-ring (bicyclic) bond motifs is 1. The Morgan fingerprint density at radius 1 is 1.17 bits per heavy atom. The minimum Gasteiger partial charge on any atom is -0.372 e. The second-order valence-corrected chi connectivity index (χ2v) is 6.39. The van der Waals surface area contributed by atoms with Crippen LogP contribution < -0.4 is 20.6 Å². The predicted molar refractivity (Wildman–Crippen MR) is 96.9 cm³/mol. The molecular weight excluding hydrogens is 324 g/mol. The topological polar surface area (TPSA) is 67.6 Å². The highest BCUT2D eigenvalue weighted by molar-refractivity contribution is 7.15. The number of hydrogen-bond acceptors (Lipinski definition) is 6. The lowest BCUT2D eigenvalue weighted by Gasteiger charge is -2.20. The largest absolute Gasteiger partial charge is 0.372 e. The molecule has 0 aliphatic carbocycles. The highest BCUT2D eigenvalue weighted by Crippen LogP contribution is 2.15. The molecule has 24 heavy (non-hydrogen) atoms. The zero-order valence-corrected chi connectivity index (χ0v) is 14.6. The monoisotopic (exact) mass is 342 g/mol. The van der Waals surface area contributed by atoms with Crippen LogP contribution >= 0.6 is 11.3 Å². The Morgan fingerprint density at radius 2 is 1.83 bits per heavy atom. The molecule has 6 nitrogen and oxygen atoms in total. The molecule has 0 N–H and O–H groups in total. The average molecular weight is 342 g/mol. The van der Waals surface area contributed by atoms with Crippen LogP contribution in [0.4, 0.5) is 5.69 Å². The normalized spacial score (nSPS) is 12.0. The summed E-state index contributed by atoms with van der Waals surface area (Å²) in [6, 6.07) is 8.04. The summed E-state index contributed by atoms with van der Waals surface area (Å²) in [5, 5.41) is 4.01. The Labute approximate surface area is 142 Å². The molecule has 2 aromatic heterocycles. The van der Waals surface area contributed by atoms with Gasteiger partial charge in [-0.1, -0.05) is 23.5 Å². The zero-order chi connectivity index (χ0) is 17.3. The van der Waals surface area contributed by atoms with Gasteiger partial charge in [0.2, 0.25) is 4.96 Å². The number of aryl methyl sites for hydroxylation is 1. The van der Waals surface area contributed by atoms with Crippen LogP contribution in [0.2, 0.25) is 0 Å². The summed E-state index contributed by atoms with van der Waals surface area (Å²) in [5.41, 5.74) is 1.65. The molecule has 0 saturated heterocycles. The Kier molecular flexibility index (Phi) is 4.44. The van der Waals surface area contributed by atoms with E-state index in [1.807, 2.05) is 24.3 Å². The third-order valence-corrected chi connectivity index (χ3v) is 4.82. The molecule has 7 heteroatoms. The molecule has 0 aliphatic rings. The number of aromatic nitrogens is 3. The number of benzene rings is 1. The Bertz CT molecular complexity index is 1030. The lowest BCUT2D eigenvalue weighted by molar-refractivity contribution is 0.833. The molecule has 0 unspecified atom stereocenters. The van der Waals surface area contributed by atoms with E-state index in [-0.39, 0.29) is 11.3 Å². The van der Waals surface area contributed by atoms with E-state index < -0.39 is 5.56 Å². The van der Waals surface area contributed by atoms with Gasteiger partial charge in [-0.15, -0.1) is 0 Å². The molecule has 0 aliphatic heterocycles. The van der Waals surface area contributed by atoms with Crippen LogP contribution in [-0.4, -0.2) is 27.7 Å². The van der Waals surface area contributed by atoms with Crippen molar-refractivity contribution in [2.45, 2.75) is 20.8 Å². The minimum atomic E-state index is -0.397. The maximum absolute atomic E-state index is 12.4. The van der Waals surface area contributed by atoms with E-state index >= 15 is 0 Å². The first-order chi connectivity index (χ1) is 11.5. The van der Waals surface area contributed by atoms with Crippen molar-refractivity contribution in [2.75, 3.05) is 18.0 Å². The molecular formula is C17H18N4O2S.